The van der Waals surface area contributed by atoms with E-state index in [1.54, 1.807) is 6.92 Å². The minimum atomic E-state index is -4.12. The highest BCUT2D eigenvalue weighted by Gasteiger charge is 2.20. The van der Waals surface area contributed by atoms with Crippen molar-refractivity contribution in [1.82, 2.24) is 5.16 Å². The van der Waals surface area contributed by atoms with Crippen LogP contribution < -0.4 is 5.14 Å². The summed E-state index contributed by atoms with van der Waals surface area (Å²) in [6, 6.07) is 9.45. The highest BCUT2D eigenvalue weighted by Crippen LogP contribution is 2.36. The maximum absolute atomic E-state index is 14.2. The monoisotopic (exact) mass is 424 g/mol. The number of halogens is 2. The molecule has 130 valence electrons. The van der Waals surface area contributed by atoms with Gasteiger partial charge in [-0.25, -0.2) is 17.9 Å². The molecule has 0 unspecified atom stereocenters. The van der Waals surface area contributed by atoms with Gasteiger partial charge in [0.2, 0.25) is 10.0 Å². The zero-order chi connectivity index (χ0) is 18.4. The fraction of sp³-hybridized carbons (Fsp3) is 0.118. The van der Waals surface area contributed by atoms with Crippen molar-refractivity contribution >= 4 is 26.0 Å². The molecule has 1 aromatic heterocycles. The predicted octanol–water partition coefficient (Wildman–Crippen LogP) is 4.17. The number of nitrogens with two attached hydrogens (primary N) is 1. The molecular weight excluding hydrogens is 411 g/mol. The Bertz CT molecular complexity index is 1080. The maximum Gasteiger partial charge on any atom is 0.240 e. The van der Waals surface area contributed by atoms with E-state index < -0.39 is 20.7 Å². The molecule has 0 saturated heterocycles. The lowest BCUT2D eigenvalue weighted by Crippen LogP contribution is -2.13. The molecule has 1 heterocycles. The van der Waals surface area contributed by atoms with Crippen LogP contribution in [0.25, 0.3) is 22.4 Å². The number of hydrogen-bond acceptors (Lipinski definition) is 4. The van der Waals surface area contributed by atoms with Crippen molar-refractivity contribution in [3.8, 4) is 22.4 Å². The molecule has 0 radical (unpaired) electrons. The number of rotatable bonds is 3. The van der Waals surface area contributed by atoms with E-state index in [1.165, 1.54) is 6.07 Å². The van der Waals surface area contributed by atoms with Gasteiger partial charge < -0.3 is 4.52 Å². The Labute approximate surface area is 152 Å². The first kappa shape index (κ1) is 17.8. The maximum atomic E-state index is 14.2. The molecule has 2 aromatic carbocycles. The Kier molecular flexibility index (Phi) is 4.52. The third kappa shape index (κ3) is 3.37. The molecule has 5 nitrogen and oxygen atoms in total. The summed E-state index contributed by atoms with van der Waals surface area (Å²) in [5.41, 5.74) is 3.45. The predicted molar refractivity (Wildman–Crippen MR) is 95.9 cm³/mol. The fourth-order valence-electron chi connectivity index (χ4n) is 2.54. The third-order valence-corrected chi connectivity index (χ3v) is 5.63. The van der Waals surface area contributed by atoms with Gasteiger partial charge >= 0.3 is 0 Å². The standard InChI is InChI=1S/C17H14BrFN2O3S/c1-9-3-4-12(7-13(9)18)17-16(10(2)24-21-17)11-5-6-15(14(19)8-11)25(20,22)23/h3-8H,1-2H3,(H2,20,22,23). The van der Waals surface area contributed by atoms with Gasteiger partial charge in [0, 0.05) is 10.0 Å². The van der Waals surface area contributed by atoms with Crippen LogP contribution in [0.4, 0.5) is 4.39 Å². The summed E-state index contributed by atoms with van der Waals surface area (Å²) in [6.07, 6.45) is 0. The van der Waals surface area contributed by atoms with Crippen LogP contribution in [0, 0.1) is 19.7 Å². The number of aromatic nitrogens is 1. The molecule has 0 spiro atoms. The first-order valence-corrected chi connectivity index (χ1v) is 9.58. The lowest BCUT2D eigenvalue weighted by molar-refractivity contribution is 0.400. The zero-order valence-electron chi connectivity index (χ0n) is 13.4. The quantitative estimate of drug-likeness (QED) is 0.683. The minimum Gasteiger partial charge on any atom is -0.360 e. The van der Waals surface area contributed by atoms with Gasteiger partial charge in [-0.1, -0.05) is 39.3 Å². The number of aryl methyl sites for hydroxylation is 2. The smallest absolute Gasteiger partial charge is 0.240 e. The van der Waals surface area contributed by atoms with Gasteiger partial charge in [0.15, 0.2) is 0 Å². The van der Waals surface area contributed by atoms with Gasteiger partial charge in [0.05, 0.1) is 5.56 Å². The molecule has 0 fully saturated rings. The van der Waals surface area contributed by atoms with Crippen molar-refractivity contribution in [3.05, 3.63) is 58.0 Å². The van der Waals surface area contributed by atoms with E-state index >= 15 is 0 Å². The van der Waals surface area contributed by atoms with Crippen LogP contribution in [0.3, 0.4) is 0 Å². The first-order valence-electron chi connectivity index (χ1n) is 7.24. The molecule has 25 heavy (non-hydrogen) atoms. The van der Waals surface area contributed by atoms with E-state index in [2.05, 4.69) is 21.1 Å². The van der Waals surface area contributed by atoms with Crippen LogP contribution in [0.5, 0.6) is 0 Å². The Balaban J connectivity index is 2.17. The Hall–Kier alpha value is -2.03. The van der Waals surface area contributed by atoms with Crippen LogP contribution in [0.1, 0.15) is 11.3 Å². The number of hydrogen-bond donors (Lipinski definition) is 1. The lowest BCUT2D eigenvalue weighted by atomic mass is 9.99. The van der Waals surface area contributed by atoms with E-state index in [0.29, 0.717) is 22.6 Å². The Morgan fingerprint density at radius 2 is 1.80 bits per heavy atom. The minimum absolute atomic E-state index is 0.454. The average Bonchev–Trinajstić information content (AvgIpc) is 2.90. The lowest BCUT2D eigenvalue weighted by Gasteiger charge is -2.07. The number of primary sulfonamides is 1. The van der Waals surface area contributed by atoms with Gasteiger partial charge in [0.1, 0.15) is 22.2 Å². The molecule has 0 bridgehead atoms. The van der Waals surface area contributed by atoms with E-state index in [4.69, 9.17) is 9.66 Å². The van der Waals surface area contributed by atoms with E-state index in [-0.39, 0.29) is 0 Å². The zero-order valence-corrected chi connectivity index (χ0v) is 15.8. The Morgan fingerprint density at radius 3 is 2.40 bits per heavy atom. The summed E-state index contributed by atoms with van der Waals surface area (Å²) in [5.74, 6) is -0.425. The third-order valence-electron chi connectivity index (χ3n) is 3.84. The molecule has 0 amide bonds. The SMILES string of the molecule is Cc1ccc(-c2noc(C)c2-c2ccc(S(N)(=O)=O)c(F)c2)cc1Br. The van der Waals surface area contributed by atoms with Crippen LogP contribution in [0.2, 0.25) is 0 Å². The summed E-state index contributed by atoms with van der Waals surface area (Å²) < 4.78 is 43.1. The van der Waals surface area contributed by atoms with Crippen LogP contribution in [0.15, 0.2) is 50.3 Å². The molecule has 0 aliphatic carbocycles. The second kappa shape index (κ2) is 6.36. The molecule has 3 rings (SSSR count). The van der Waals surface area contributed by atoms with Crippen molar-refractivity contribution in [2.45, 2.75) is 18.7 Å². The summed E-state index contributed by atoms with van der Waals surface area (Å²) in [7, 11) is -4.12. The van der Waals surface area contributed by atoms with Gasteiger partial charge in [-0.05, 0) is 43.2 Å². The second-order valence-corrected chi connectivity index (χ2v) is 8.00. The van der Waals surface area contributed by atoms with Crippen molar-refractivity contribution in [2.75, 3.05) is 0 Å². The van der Waals surface area contributed by atoms with Gasteiger partial charge in [-0.15, -0.1) is 0 Å². The summed E-state index contributed by atoms with van der Waals surface area (Å²) in [4.78, 5) is -0.551. The van der Waals surface area contributed by atoms with Gasteiger partial charge in [0.25, 0.3) is 0 Å². The van der Waals surface area contributed by atoms with E-state index in [0.717, 1.165) is 27.7 Å². The normalized spacial score (nSPS) is 11.7. The molecule has 0 aliphatic rings. The molecule has 0 saturated carbocycles. The number of nitrogens with zero attached hydrogens (tertiary/aromatic N) is 1. The second-order valence-electron chi connectivity index (χ2n) is 5.62. The van der Waals surface area contributed by atoms with Crippen molar-refractivity contribution < 1.29 is 17.3 Å². The van der Waals surface area contributed by atoms with Gasteiger partial charge in [-0.3, -0.25) is 0 Å². The van der Waals surface area contributed by atoms with Crippen molar-refractivity contribution in [3.63, 3.8) is 0 Å². The van der Waals surface area contributed by atoms with E-state index in [1.807, 2.05) is 25.1 Å². The number of sulfonamides is 1. The fourth-order valence-corrected chi connectivity index (χ4v) is 3.50. The molecule has 8 heteroatoms. The van der Waals surface area contributed by atoms with Crippen LogP contribution >= 0.6 is 15.9 Å². The van der Waals surface area contributed by atoms with Gasteiger partial charge in [-0.2, -0.15) is 0 Å². The molecule has 3 aromatic rings. The first-order chi connectivity index (χ1) is 11.7. The van der Waals surface area contributed by atoms with Crippen molar-refractivity contribution in [2.24, 2.45) is 5.14 Å². The van der Waals surface area contributed by atoms with E-state index in [9.17, 15) is 12.8 Å². The van der Waals surface area contributed by atoms with Crippen LogP contribution in [-0.4, -0.2) is 13.6 Å². The van der Waals surface area contributed by atoms with Crippen molar-refractivity contribution in [1.29, 1.82) is 0 Å². The molecule has 2 N–H and O–H groups in total. The largest absolute Gasteiger partial charge is 0.360 e. The average molecular weight is 425 g/mol. The molecular formula is C17H14BrFN2O3S. The summed E-state index contributed by atoms with van der Waals surface area (Å²) in [5, 5.41) is 9.08. The topological polar surface area (TPSA) is 86.2 Å². The summed E-state index contributed by atoms with van der Waals surface area (Å²) >= 11 is 3.47. The Morgan fingerprint density at radius 1 is 1.12 bits per heavy atom. The highest BCUT2D eigenvalue weighted by molar-refractivity contribution is 9.10. The molecule has 0 atom stereocenters. The summed E-state index contributed by atoms with van der Waals surface area (Å²) in [6.45, 7) is 3.67. The number of benzene rings is 2. The van der Waals surface area contributed by atoms with Crippen LogP contribution in [-0.2, 0) is 10.0 Å². The highest BCUT2D eigenvalue weighted by atomic mass is 79.9. The molecule has 0 aliphatic heterocycles.